The smallest absolute Gasteiger partial charge is 0.314 e. The molecule has 5 heteroatoms. The average molecular weight is 303 g/mol. The molecule has 0 heterocycles. The molecule has 2 rings (SSSR count). The lowest BCUT2D eigenvalue weighted by molar-refractivity contribution is -0.147. The van der Waals surface area contributed by atoms with Gasteiger partial charge in [0.1, 0.15) is 0 Å². The lowest BCUT2D eigenvalue weighted by Crippen LogP contribution is -2.44. The van der Waals surface area contributed by atoms with E-state index in [9.17, 15) is 15.0 Å². The maximum atomic E-state index is 11.7. The molecule has 0 amide bonds. The Balaban J connectivity index is 2.41. The van der Waals surface area contributed by atoms with Gasteiger partial charge in [0.2, 0.25) is 0 Å². The molecule has 3 nitrogen and oxygen atoms in total. The van der Waals surface area contributed by atoms with Crippen LogP contribution in [0, 0.1) is 0 Å². The third-order valence-electron chi connectivity index (χ3n) is 4.06. The van der Waals surface area contributed by atoms with Crippen molar-refractivity contribution >= 4 is 29.2 Å². The first-order valence-electron chi connectivity index (χ1n) is 6.18. The summed E-state index contributed by atoms with van der Waals surface area (Å²) in [6.07, 6.45) is 1.71. The van der Waals surface area contributed by atoms with Gasteiger partial charge in [0.25, 0.3) is 0 Å². The molecule has 1 fully saturated rings. The molecular weight excluding hydrogens is 287 g/mol. The largest absolute Gasteiger partial charge is 0.481 e. The minimum absolute atomic E-state index is 0.358. The molecule has 1 aliphatic carbocycles. The van der Waals surface area contributed by atoms with Gasteiger partial charge in [-0.2, -0.15) is 0 Å². The third-order valence-corrected chi connectivity index (χ3v) is 4.80. The molecule has 0 atom stereocenters. The Hall–Kier alpha value is -0.770. The Morgan fingerprint density at radius 2 is 1.74 bits per heavy atom. The molecule has 0 aromatic heterocycles. The second-order valence-corrected chi connectivity index (χ2v) is 6.33. The molecule has 0 bridgehead atoms. The van der Waals surface area contributed by atoms with Gasteiger partial charge < -0.3 is 10.2 Å². The third kappa shape index (κ3) is 2.73. The summed E-state index contributed by atoms with van der Waals surface area (Å²) in [5.41, 5.74) is -1.10. The Bertz CT molecular complexity index is 501. The number of rotatable bonds is 2. The molecule has 1 saturated carbocycles. The van der Waals surface area contributed by atoms with Crippen molar-refractivity contribution in [1.29, 1.82) is 0 Å². The Morgan fingerprint density at radius 3 is 2.21 bits per heavy atom. The molecular formula is C14H16Cl2O3. The second kappa shape index (κ2) is 4.97. The van der Waals surface area contributed by atoms with Crippen LogP contribution < -0.4 is 0 Å². The van der Waals surface area contributed by atoms with Gasteiger partial charge in [-0.05, 0) is 50.3 Å². The number of carbonyl (C=O) groups is 1. The zero-order valence-electron chi connectivity index (χ0n) is 10.6. The Morgan fingerprint density at radius 1 is 1.16 bits per heavy atom. The van der Waals surface area contributed by atoms with Crippen molar-refractivity contribution < 1.29 is 15.0 Å². The number of hydrogen-bond acceptors (Lipinski definition) is 2. The highest BCUT2D eigenvalue weighted by Crippen LogP contribution is 2.44. The summed E-state index contributed by atoms with van der Waals surface area (Å²) in [6.45, 7) is 1.74. The van der Waals surface area contributed by atoms with Crippen LogP contribution in [-0.4, -0.2) is 21.8 Å². The summed E-state index contributed by atoms with van der Waals surface area (Å²) in [5.74, 6) is -0.874. The van der Waals surface area contributed by atoms with Gasteiger partial charge in [0.05, 0.1) is 21.1 Å². The lowest BCUT2D eigenvalue weighted by atomic mass is 9.65. The quantitative estimate of drug-likeness (QED) is 0.877. The van der Waals surface area contributed by atoms with Crippen LogP contribution in [0.25, 0.3) is 0 Å². The molecule has 1 aromatic carbocycles. The number of benzene rings is 1. The summed E-state index contributed by atoms with van der Waals surface area (Å²) >= 11 is 11.9. The van der Waals surface area contributed by atoms with Crippen LogP contribution in [0.4, 0.5) is 0 Å². The standard InChI is InChI=1S/C14H16Cl2O3/c1-13(19)4-6-14(7-5-13,12(17)18)9-2-3-10(15)11(16)8-9/h2-3,8,19H,4-7H2,1H3,(H,17,18)/t13-,14-. The lowest BCUT2D eigenvalue weighted by Gasteiger charge is -2.40. The van der Waals surface area contributed by atoms with Gasteiger partial charge in [-0.15, -0.1) is 0 Å². The predicted molar refractivity (Wildman–Crippen MR) is 74.9 cm³/mol. The first-order chi connectivity index (χ1) is 8.77. The first-order valence-corrected chi connectivity index (χ1v) is 6.94. The van der Waals surface area contributed by atoms with E-state index in [1.807, 2.05) is 0 Å². The van der Waals surface area contributed by atoms with Crippen LogP contribution >= 0.6 is 23.2 Å². The fourth-order valence-corrected chi connectivity index (χ4v) is 2.93. The number of aliphatic hydroxyl groups is 1. The molecule has 0 spiro atoms. The van der Waals surface area contributed by atoms with Crippen LogP contribution in [0.5, 0.6) is 0 Å². The Kier molecular flexibility index (Phi) is 3.83. The summed E-state index contributed by atoms with van der Waals surface area (Å²) in [7, 11) is 0. The van der Waals surface area contributed by atoms with E-state index in [0.29, 0.717) is 41.3 Å². The summed E-state index contributed by atoms with van der Waals surface area (Å²) in [6, 6.07) is 4.96. The topological polar surface area (TPSA) is 57.5 Å². The molecule has 1 aromatic rings. The van der Waals surface area contributed by atoms with E-state index in [0.717, 1.165) is 0 Å². The monoisotopic (exact) mass is 302 g/mol. The fraction of sp³-hybridized carbons (Fsp3) is 0.500. The minimum Gasteiger partial charge on any atom is -0.481 e. The summed E-state index contributed by atoms with van der Waals surface area (Å²) < 4.78 is 0. The average Bonchev–Trinajstić information content (AvgIpc) is 2.33. The molecule has 19 heavy (non-hydrogen) atoms. The molecule has 0 unspecified atom stereocenters. The SMILES string of the molecule is C[C@]1(O)CC[C@@](C(=O)O)(c2ccc(Cl)c(Cl)c2)CC1. The molecule has 104 valence electrons. The highest BCUT2D eigenvalue weighted by molar-refractivity contribution is 6.42. The molecule has 0 aliphatic heterocycles. The predicted octanol–water partition coefficient (Wildman–Crippen LogP) is 3.64. The molecule has 0 saturated heterocycles. The van der Waals surface area contributed by atoms with Crippen LogP contribution in [0.15, 0.2) is 18.2 Å². The van der Waals surface area contributed by atoms with Crippen molar-refractivity contribution in [2.45, 2.75) is 43.6 Å². The number of aliphatic carboxylic acids is 1. The molecule has 2 N–H and O–H groups in total. The van der Waals surface area contributed by atoms with E-state index in [-0.39, 0.29) is 0 Å². The Labute approximate surface area is 122 Å². The maximum Gasteiger partial charge on any atom is 0.314 e. The number of carboxylic acids is 1. The number of hydrogen-bond donors (Lipinski definition) is 2. The van der Waals surface area contributed by atoms with Crippen LogP contribution in [0.3, 0.4) is 0 Å². The molecule has 1 aliphatic rings. The van der Waals surface area contributed by atoms with Crippen LogP contribution in [0.2, 0.25) is 10.0 Å². The van der Waals surface area contributed by atoms with Crippen molar-refractivity contribution in [1.82, 2.24) is 0 Å². The summed E-state index contributed by atoms with van der Waals surface area (Å²) in [4.78, 5) is 11.7. The highest BCUT2D eigenvalue weighted by Gasteiger charge is 2.46. The number of carboxylic acid groups (broad SMARTS) is 1. The second-order valence-electron chi connectivity index (χ2n) is 5.51. The highest BCUT2D eigenvalue weighted by atomic mass is 35.5. The fourth-order valence-electron chi connectivity index (χ4n) is 2.64. The van der Waals surface area contributed by atoms with Crippen molar-refractivity contribution in [3.63, 3.8) is 0 Å². The van der Waals surface area contributed by atoms with E-state index in [1.165, 1.54) is 0 Å². The van der Waals surface area contributed by atoms with Crippen molar-refractivity contribution in [2.24, 2.45) is 0 Å². The normalized spacial score (nSPS) is 31.2. The molecule has 0 radical (unpaired) electrons. The van der Waals surface area contributed by atoms with E-state index >= 15 is 0 Å². The maximum absolute atomic E-state index is 11.7. The van der Waals surface area contributed by atoms with E-state index in [1.54, 1.807) is 25.1 Å². The van der Waals surface area contributed by atoms with E-state index < -0.39 is 17.0 Å². The van der Waals surface area contributed by atoms with Gasteiger partial charge in [-0.3, -0.25) is 4.79 Å². The van der Waals surface area contributed by atoms with E-state index in [2.05, 4.69) is 0 Å². The number of halogens is 2. The summed E-state index contributed by atoms with van der Waals surface area (Å²) in [5, 5.41) is 20.4. The van der Waals surface area contributed by atoms with Crippen LogP contribution in [-0.2, 0) is 10.2 Å². The van der Waals surface area contributed by atoms with Crippen molar-refractivity contribution in [3.8, 4) is 0 Å². The van der Waals surface area contributed by atoms with Crippen molar-refractivity contribution in [2.75, 3.05) is 0 Å². The zero-order valence-corrected chi connectivity index (χ0v) is 12.1. The zero-order chi connectivity index (χ0) is 14.3. The van der Waals surface area contributed by atoms with Gasteiger partial charge in [-0.1, -0.05) is 29.3 Å². The van der Waals surface area contributed by atoms with Crippen molar-refractivity contribution in [3.05, 3.63) is 33.8 Å². The van der Waals surface area contributed by atoms with Crippen LogP contribution in [0.1, 0.15) is 38.2 Å². The first kappa shape index (κ1) is 14.6. The van der Waals surface area contributed by atoms with Gasteiger partial charge in [0.15, 0.2) is 0 Å². The van der Waals surface area contributed by atoms with Gasteiger partial charge in [0, 0.05) is 0 Å². The van der Waals surface area contributed by atoms with Gasteiger partial charge >= 0.3 is 5.97 Å². The minimum atomic E-state index is -0.976. The van der Waals surface area contributed by atoms with Gasteiger partial charge in [-0.25, -0.2) is 0 Å². The van der Waals surface area contributed by atoms with E-state index in [4.69, 9.17) is 23.2 Å².